The van der Waals surface area contributed by atoms with Gasteiger partial charge in [0.2, 0.25) is 11.5 Å². The lowest BCUT2D eigenvalue weighted by atomic mass is 10.1. The number of methoxy groups -OCH3 is 6. The van der Waals surface area contributed by atoms with Gasteiger partial charge in [0.05, 0.1) is 61.4 Å². The molecule has 0 bridgehead atoms. The molecule has 0 radical (unpaired) electrons. The Morgan fingerprint density at radius 2 is 1.11 bits per heavy atom. The molecule has 1 unspecified atom stereocenters. The first-order valence-corrected chi connectivity index (χ1v) is 17.7. The third-order valence-electron chi connectivity index (χ3n) is 8.75. The third-order valence-corrected chi connectivity index (χ3v) is 8.99. The van der Waals surface area contributed by atoms with Crippen LogP contribution in [0.15, 0.2) is 60.7 Å². The van der Waals surface area contributed by atoms with E-state index in [9.17, 15) is 4.79 Å². The van der Waals surface area contributed by atoms with Crippen LogP contribution in [-0.4, -0.2) is 61.8 Å². The highest BCUT2D eigenvalue weighted by molar-refractivity contribution is 6.31. The van der Waals surface area contributed by atoms with Gasteiger partial charge in [0.15, 0.2) is 34.5 Å². The monoisotopic (exact) mass is 746 g/mol. The van der Waals surface area contributed by atoms with Gasteiger partial charge in [0.1, 0.15) is 6.17 Å². The van der Waals surface area contributed by atoms with Crippen LogP contribution in [-0.2, 0) is 0 Å². The summed E-state index contributed by atoms with van der Waals surface area (Å²) in [6, 6.07) is 18.5. The highest BCUT2D eigenvalue weighted by Crippen LogP contribution is 2.41. The first-order valence-electron chi connectivity index (χ1n) is 17.4. The number of hydrogen-bond donors (Lipinski definition) is 2. The zero-order valence-corrected chi connectivity index (χ0v) is 31.8. The van der Waals surface area contributed by atoms with E-state index in [4.69, 9.17) is 49.5 Å². The number of carbonyl (C=O) groups is 1. The minimum absolute atomic E-state index is 0.190. The van der Waals surface area contributed by atoms with Crippen LogP contribution in [0.4, 0.5) is 5.69 Å². The fraction of sp³-hybridized carbons (Fsp3) is 0.341. The van der Waals surface area contributed by atoms with E-state index < -0.39 is 6.17 Å². The summed E-state index contributed by atoms with van der Waals surface area (Å²) in [5.41, 5.74) is 3.84. The summed E-state index contributed by atoms with van der Waals surface area (Å²) in [7, 11) is 9.59. The van der Waals surface area contributed by atoms with Crippen LogP contribution in [0.1, 0.15) is 65.3 Å². The second-order valence-electron chi connectivity index (χ2n) is 12.2. The average Bonchev–Trinajstić information content (AvgIpc) is 3.18. The Morgan fingerprint density at radius 3 is 1.68 bits per heavy atom. The molecule has 0 saturated carbocycles. The van der Waals surface area contributed by atoms with Gasteiger partial charge >= 0.3 is 0 Å². The van der Waals surface area contributed by atoms with Gasteiger partial charge in [-0.3, -0.25) is 4.79 Å². The van der Waals surface area contributed by atoms with E-state index >= 15 is 0 Å². The molecule has 1 atom stereocenters. The van der Waals surface area contributed by atoms with Crippen molar-refractivity contribution in [2.45, 2.75) is 38.3 Å². The Hall–Kier alpha value is -5.42. The number of carbonyl (C=O) groups excluding carboxylic acids is 1. The standard InChI is InChI=1S/C41H47ClN2O9/c1-46-33-24-28(40-43-31-16-15-29(42)25-30(31)41(45)44-40)14-17-32(33)52-18-10-8-7-9-11-19-53-39-36(49-4)22-27(23-37(39)50-5)13-12-26-20-34(47-2)38(51-6)35(21-26)48-3/h12-17,20-25,40,43H,7-11,18-19H2,1-6H3,(H,44,45)/b13-12+. The zero-order valence-electron chi connectivity index (χ0n) is 31.0. The Morgan fingerprint density at radius 1 is 0.566 bits per heavy atom. The molecular formula is C41H47ClN2O9. The highest BCUT2D eigenvalue weighted by atomic mass is 35.5. The molecule has 1 heterocycles. The van der Waals surface area contributed by atoms with Crippen LogP contribution in [0.25, 0.3) is 12.2 Å². The van der Waals surface area contributed by atoms with Crippen molar-refractivity contribution in [3.63, 3.8) is 0 Å². The largest absolute Gasteiger partial charge is 0.493 e. The lowest BCUT2D eigenvalue weighted by molar-refractivity contribution is 0.0935. The van der Waals surface area contributed by atoms with Gasteiger partial charge in [-0.15, -0.1) is 0 Å². The molecule has 53 heavy (non-hydrogen) atoms. The van der Waals surface area contributed by atoms with Crippen molar-refractivity contribution in [3.05, 3.63) is 87.9 Å². The third kappa shape index (κ3) is 9.72. The van der Waals surface area contributed by atoms with Crippen molar-refractivity contribution < 1.29 is 42.7 Å². The number of unbranched alkanes of at least 4 members (excludes halogenated alkanes) is 4. The maximum absolute atomic E-state index is 12.7. The molecule has 282 valence electrons. The van der Waals surface area contributed by atoms with Crippen LogP contribution in [0.3, 0.4) is 0 Å². The smallest absolute Gasteiger partial charge is 0.255 e. The topological polar surface area (TPSA) is 115 Å². The van der Waals surface area contributed by atoms with Crippen molar-refractivity contribution in [2.24, 2.45) is 0 Å². The van der Waals surface area contributed by atoms with E-state index in [0.29, 0.717) is 69.8 Å². The lowest BCUT2D eigenvalue weighted by Crippen LogP contribution is -2.38. The van der Waals surface area contributed by atoms with Crippen molar-refractivity contribution in [1.29, 1.82) is 0 Å². The molecule has 5 rings (SSSR count). The molecule has 0 aromatic heterocycles. The van der Waals surface area contributed by atoms with Crippen LogP contribution >= 0.6 is 11.6 Å². The number of amides is 1. The minimum Gasteiger partial charge on any atom is -0.493 e. The fourth-order valence-electron chi connectivity index (χ4n) is 6.00. The molecule has 11 nitrogen and oxygen atoms in total. The highest BCUT2D eigenvalue weighted by Gasteiger charge is 2.25. The summed E-state index contributed by atoms with van der Waals surface area (Å²) in [6.45, 7) is 1.09. The number of fused-ring (bicyclic) bond motifs is 1. The summed E-state index contributed by atoms with van der Waals surface area (Å²) in [6.07, 6.45) is 8.35. The number of anilines is 1. The second-order valence-corrected chi connectivity index (χ2v) is 12.6. The molecule has 4 aromatic carbocycles. The zero-order chi connectivity index (χ0) is 37.7. The van der Waals surface area contributed by atoms with E-state index in [-0.39, 0.29) is 5.91 Å². The average molecular weight is 747 g/mol. The molecule has 1 aliphatic rings. The summed E-state index contributed by atoms with van der Waals surface area (Å²) >= 11 is 6.06. The normalized spacial score (nSPS) is 13.4. The predicted molar refractivity (Wildman–Crippen MR) is 207 cm³/mol. The maximum Gasteiger partial charge on any atom is 0.255 e. The van der Waals surface area contributed by atoms with E-state index in [1.807, 2.05) is 54.6 Å². The number of halogens is 1. The van der Waals surface area contributed by atoms with Gasteiger partial charge < -0.3 is 48.5 Å². The van der Waals surface area contributed by atoms with Crippen LogP contribution in [0.2, 0.25) is 5.02 Å². The van der Waals surface area contributed by atoms with E-state index in [1.54, 1.807) is 60.9 Å². The first kappa shape index (κ1) is 38.8. The van der Waals surface area contributed by atoms with Gasteiger partial charge in [-0.05, 0) is 84.1 Å². The summed E-state index contributed by atoms with van der Waals surface area (Å²) in [5.74, 6) is 4.51. The number of hydrogen-bond acceptors (Lipinski definition) is 10. The van der Waals surface area contributed by atoms with Crippen molar-refractivity contribution in [3.8, 4) is 46.0 Å². The van der Waals surface area contributed by atoms with Crippen molar-refractivity contribution in [2.75, 3.05) is 61.2 Å². The predicted octanol–water partition coefficient (Wildman–Crippen LogP) is 8.82. The van der Waals surface area contributed by atoms with Gasteiger partial charge in [0, 0.05) is 10.7 Å². The minimum atomic E-state index is -0.409. The Balaban J connectivity index is 1.06. The Kier molecular flexibility index (Phi) is 13.8. The summed E-state index contributed by atoms with van der Waals surface area (Å²) < 4.78 is 45.6. The van der Waals surface area contributed by atoms with E-state index in [1.165, 1.54) is 0 Å². The lowest BCUT2D eigenvalue weighted by Gasteiger charge is -2.28. The molecule has 0 aliphatic carbocycles. The molecule has 0 spiro atoms. The quantitative estimate of drug-likeness (QED) is 0.0713. The number of ether oxygens (including phenoxy) is 8. The Bertz CT molecular complexity index is 1850. The summed E-state index contributed by atoms with van der Waals surface area (Å²) in [4.78, 5) is 12.7. The van der Waals surface area contributed by atoms with Gasteiger partial charge in [-0.1, -0.05) is 49.1 Å². The molecular weight excluding hydrogens is 700 g/mol. The molecule has 4 aromatic rings. The SMILES string of the molecule is COc1cc(C2NC(=O)c3cc(Cl)ccc3N2)ccc1OCCCCCCCOc1c(OC)cc(/C=C/c2cc(OC)c(OC)c(OC)c2)cc1OC. The molecule has 1 aliphatic heterocycles. The van der Waals surface area contributed by atoms with Crippen LogP contribution in [0, 0.1) is 0 Å². The van der Waals surface area contributed by atoms with Crippen molar-refractivity contribution in [1.82, 2.24) is 5.32 Å². The number of nitrogens with one attached hydrogen (secondary N) is 2. The second kappa shape index (κ2) is 18.9. The summed E-state index contributed by atoms with van der Waals surface area (Å²) in [5, 5.41) is 6.82. The maximum atomic E-state index is 12.7. The molecule has 0 saturated heterocycles. The number of rotatable bonds is 19. The number of benzene rings is 4. The van der Waals surface area contributed by atoms with E-state index in [0.717, 1.165) is 54.5 Å². The van der Waals surface area contributed by atoms with Gasteiger partial charge in [-0.2, -0.15) is 0 Å². The molecule has 12 heteroatoms. The van der Waals surface area contributed by atoms with Crippen LogP contribution < -0.4 is 48.5 Å². The fourth-order valence-corrected chi connectivity index (χ4v) is 6.17. The van der Waals surface area contributed by atoms with E-state index in [2.05, 4.69) is 10.6 Å². The first-order chi connectivity index (χ1) is 25.8. The molecule has 0 fully saturated rings. The van der Waals surface area contributed by atoms with Gasteiger partial charge in [-0.25, -0.2) is 0 Å². The van der Waals surface area contributed by atoms with Crippen molar-refractivity contribution >= 4 is 35.3 Å². The molecule has 1 amide bonds. The Labute approximate surface area is 316 Å². The van der Waals surface area contributed by atoms with Gasteiger partial charge in [0.25, 0.3) is 5.91 Å². The van der Waals surface area contributed by atoms with Crippen LogP contribution in [0.5, 0.6) is 46.0 Å². The molecule has 2 N–H and O–H groups in total.